The summed E-state index contributed by atoms with van der Waals surface area (Å²) in [6.45, 7) is 8.78. The highest BCUT2D eigenvalue weighted by Crippen LogP contribution is 2.19. The Hall–Kier alpha value is -1.72. The maximum atomic E-state index is 3.68. The second-order valence-electron chi connectivity index (χ2n) is 8.08. The Morgan fingerprint density at radius 2 is 1.34 bits per heavy atom. The van der Waals surface area contributed by atoms with Crippen LogP contribution in [-0.4, -0.2) is 50.2 Å². The minimum Gasteiger partial charge on any atom is -0.317 e. The summed E-state index contributed by atoms with van der Waals surface area (Å²) in [7, 11) is 0. The lowest BCUT2D eigenvalue weighted by molar-refractivity contribution is 0.239. The molecular formula is C25H38N4. The third-order valence-corrected chi connectivity index (χ3v) is 5.69. The molecule has 1 fully saturated rings. The van der Waals surface area contributed by atoms with E-state index in [0.717, 1.165) is 45.8 Å². The molecule has 3 rings (SSSR count). The summed E-state index contributed by atoms with van der Waals surface area (Å²) >= 11 is 0. The molecule has 0 aliphatic carbocycles. The third-order valence-electron chi connectivity index (χ3n) is 5.69. The highest BCUT2D eigenvalue weighted by Gasteiger charge is 2.23. The van der Waals surface area contributed by atoms with Crippen LogP contribution in [0.25, 0.3) is 0 Å². The van der Waals surface area contributed by atoms with Crippen LogP contribution in [0.5, 0.6) is 0 Å². The molecule has 1 aliphatic rings. The van der Waals surface area contributed by atoms with Gasteiger partial charge in [-0.15, -0.1) is 0 Å². The topological polar surface area (TPSA) is 39.3 Å². The van der Waals surface area contributed by atoms with E-state index >= 15 is 0 Å². The molecule has 0 radical (unpaired) electrons. The number of hydrogen-bond donors (Lipinski definition) is 3. The van der Waals surface area contributed by atoms with Crippen molar-refractivity contribution in [2.24, 2.45) is 0 Å². The Labute approximate surface area is 177 Å². The zero-order valence-electron chi connectivity index (χ0n) is 17.8. The first-order valence-electron chi connectivity index (χ1n) is 11.4. The normalized spacial score (nSPS) is 17.0. The van der Waals surface area contributed by atoms with E-state index in [-0.39, 0.29) is 0 Å². The van der Waals surface area contributed by atoms with Crippen molar-refractivity contribution in [2.45, 2.75) is 44.8 Å². The molecule has 4 nitrogen and oxygen atoms in total. The first kappa shape index (κ1) is 22.0. The molecule has 0 bridgehead atoms. The van der Waals surface area contributed by atoms with Gasteiger partial charge < -0.3 is 16.0 Å². The lowest BCUT2D eigenvalue weighted by atomic mass is 10.2. The molecule has 29 heavy (non-hydrogen) atoms. The molecule has 0 saturated carbocycles. The van der Waals surface area contributed by atoms with Crippen molar-refractivity contribution in [1.82, 2.24) is 20.9 Å². The number of nitrogens with zero attached hydrogens (tertiary/aromatic N) is 1. The summed E-state index contributed by atoms with van der Waals surface area (Å²) < 4.78 is 0. The number of benzene rings is 2. The molecule has 0 amide bonds. The van der Waals surface area contributed by atoms with E-state index in [1.807, 2.05) is 0 Å². The van der Waals surface area contributed by atoms with Crippen LogP contribution < -0.4 is 16.0 Å². The minimum atomic E-state index is 0.693. The summed E-state index contributed by atoms with van der Waals surface area (Å²) in [5, 5.41) is 10.8. The Bertz CT molecular complexity index is 646. The van der Waals surface area contributed by atoms with Gasteiger partial charge in [0.1, 0.15) is 0 Å². The van der Waals surface area contributed by atoms with Gasteiger partial charge in [0.15, 0.2) is 0 Å². The van der Waals surface area contributed by atoms with Crippen molar-refractivity contribution in [3.05, 3.63) is 71.8 Å². The molecule has 3 N–H and O–H groups in total. The van der Waals surface area contributed by atoms with Gasteiger partial charge in [-0.2, -0.15) is 0 Å². The number of likely N-dealkylation sites (tertiary alicyclic amines) is 1. The maximum Gasteiger partial charge on any atom is 0.0237 e. The second-order valence-corrected chi connectivity index (χ2v) is 8.08. The van der Waals surface area contributed by atoms with Gasteiger partial charge in [-0.1, -0.05) is 60.7 Å². The molecule has 0 unspecified atom stereocenters. The van der Waals surface area contributed by atoms with Crippen molar-refractivity contribution >= 4 is 0 Å². The van der Waals surface area contributed by atoms with E-state index in [1.54, 1.807) is 0 Å². The van der Waals surface area contributed by atoms with E-state index in [4.69, 9.17) is 0 Å². The maximum absolute atomic E-state index is 3.68. The van der Waals surface area contributed by atoms with Gasteiger partial charge in [-0.25, -0.2) is 0 Å². The van der Waals surface area contributed by atoms with Crippen molar-refractivity contribution in [2.75, 3.05) is 39.3 Å². The average Bonchev–Trinajstić information content (AvgIpc) is 3.20. The average molecular weight is 395 g/mol. The predicted molar refractivity (Wildman–Crippen MR) is 123 cm³/mol. The zero-order valence-corrected chi connectivity index (χ0v) is 17.8. The molecule has 1 aliphatic heterocycles. The van der Waals surface area contributed by atoms with E-state index in [2.05, 4.69) is 81.5 Å². The minimum absolute atomic E-state index is 0.693. The summed E-state index contributed by atoms with van der Waals surface area (Å²) in [5.74, 6) is 0. The van der Waals surface area contributed by atoms with Crippen molar-refractivity contribution in [1.29, 1.82) is 0 Å². The van der Waals surface area contributed by atoms with Gasteiger partial charge >= 0.3 is 0 Å². The summed E-state index contributed by atoms with van der Waals surface area (Å²) in [5.41, 5.74) is 2.79. The summed E-state index contributed by atoms with van der Waals surface area (Å²) in [4.78, 5) is 2.64. The van der Waals surface area contributed by atoms with Crippen LogP contribution in [0.15, 0.2) is 60.7 Å². The molecule has 0 spiro atoms. The summed E-state index contributed by atoms with van der Waals surface area (Å²) in [6, 6.07) is 22.2. The Morgan fingerprint density at radius 1 is 0.724 bits per heavy atom. The second kappa shape index (κ2) is 13.5. The quantitative estimate of drug-likeness (QED) is 0.430. The summed E-state index contributed by atoms with van der Waals surface area (Å²) in [6.07, 6.45) is 5.03. The molecule has 1 saturated heterocycles. The van der Waals surface area contributed by atoms with E-state index < -0.39 is 0 Å². The smallest absolute Gasteiger partial charge is 0.0237 e. The van der Waals surface area contributed by atoms with Crippen molar-refractivity contribution in [3.63, 3.8) is 0 Å². The van der Waals surface area contributed by atoms with Crippen molar-refractivity contribution in [3.8, 4) is 0 Å². The Morgan fingerprint density at radius 3 is 2.07 bits per heavy atom. The van der Waals surface area contributed by atoms with Crippen molar-refractivity contribution < 1.29 is 0 Å². The van der Waals surface area contributed by atoms with E-state index in [0.29, 0.717) is 6.04 Å². The van der Waals surface area contributed by atoms with E-state index in [9.17, 15) is 0 Å². The first-order chi connectivity index (χ1) is 14.4. The largest absolute Gasteiger partial charge is 0.317 e. The molecule has 1 heterocycles. The standard InChI is InChI=1S/C25H38N4/c1-3-10-23(11-4-1)20-27-17-8-15-26-16-9-18-28-21-25-14-7-19-29(25)22-24-12-5-2-6-13-24/h1-6,10-13,25-28H,7-9,14-22H2/t25-/m0/s1. The van der Waals surface area contributed by atoms with Gasteiger partial charge in [-0.3, -0.25) is 4.90 Å². The fourth-order valence-electron chi connectivity index (χ4n) is 4.05. The van der Waals surface area contributed by atoms with Gasteiger partial charge in [-0.05, 0) is 69.5 Å². The molecular weight excluding hydrogens is 356 g/mol. The van der Waals surface area contributed by atoms with Crippen LogP contribution in [0.3, 0.4) is 0 Å². The van der Waals surface area contributed by atoms with Crippen LogP contribution >= 0.6 is 0 Å². The predicted octanol–water partition coefficient (Wildman–Crippen LogP) is 3.40. The first-order valence-corrected chi connectivity index (χ1v) is 11.4. The van der Waals surface area contributed by atoms with Gasteiger partial charge in [0, 0.05) is 25.7 Å². The van der Waals surface area contributed by atoms with E-state index in [1.165, 1.54) is 43.4 Å². The van der Waals surface area contributed by atoms with Crippen LogP contribution in [0.1, 0.15) is 36.8 Å². The highest BCUT2D eigenvalue weighted by atomic mass is 15.2. The lowest BCUT2D eigenvalue weighted by Crippen LogP contribution is -2.38. The zero-order chi connectivity index (χ0) is 20.0. The molecule has 0 aromatic heterocycles. The molecule has 4 heteroatoms. The molecule has 2 aromatic carbocycles. The Balaban J connectivity index is 1.14. The lowest BCUT2D eigenvalue weighted by Gasteiger charge is -2.25. The molecule has 2 aromatic rings. The fraction of sp³-hybridized carbons (Fsp3) is 0.520. The third kappa shape index (κ3) is 8.67. The van der Waals surface area contributed by atoms with Gasteiger partial charge in [0.05, 0.1) is 0 Å². The van der Waals surface area contributed by atoms with Crippen LogP contribution in [-0.2, 0) is 13.1 Å². The molecule has 158 valence electrons. The SMILES string of the molecule is c1ccc(CNCCCNCCCNC[C@@H]2CCCN2Cc2ccccc2)cc1. The molecule has 1 atom stereocenters. The van der Waals surface area contributed by atoms with Crippen LogP contribution in [0.2, 0.25) is 0 Å². The van der Waals surface area contributed by atoms with Crippen LogP contribution in [0, 0.1) is 0 Å². The fourth-order valence-corrected chi connectivity index (χ4v) is 4.05. The Kier molecular flexibility index (Phi) is 10.2. The number of hydrogen-bond acceptors (Lipinski definition) is 4. The van der Waals surface area contributed by atoms with Gasteiger partial charge in [0.2, 0.25) is 0 Å². The number of rotatable bonds is 14. The van der Waals surface area contributed by atoms with Crippen LogP contribution in [0.4, 0.5) is 0 Å². The van der Waals surface area contributed by atoms with Gasteiger partial charge in [0.25, 0.3) is 0 Å². The number of nitrogens with one attached hydrogen (secondary N) is 3. The highest BCUT2D eigenvalue weighted by molar-refractivity contribution is 5.15. The monoisotopic (exact) mass is 394 g/mol.